The molecule has 2 aromatic heterocycles. The van der Waals surface area contributed by atoms with Gasteiger partial charge in [0.1, 0.15) is 16.9 Å². The highest BCUT2D eigenvalue weighted by molar-refractivity contribution is 6.16. The number of fused-ring (bicyclic) bond motifs is 2. The van der Waals surface area contributed by atoms with Crippen LogP contribution in [0, 0.1) is 20.8 Å². The molecule has 0 fully saturated rings. The molecule has 168 valence electrons. The molecule has 0 radical (unpaired) electrons. The summed E-state index contributed by atoms with van der Waals surface area (Å²) in [6.45, 7) is 5.94. The lowest BCUT2D eigenvalue weighted by molar-refractivity contribution is 0.102. The van der Waals surface area contributed by atoms with Gasteiger partial charge >= 0.3 is 0 Å². The van der Waals surface area contributed by atoms with E-state index in [1.165, 1.54) is 4.68 Å². The highest BCUT2D eigenvalue weighted by Crippen LogP contribution is 2.29. The van der Waals surface area contributed by atoms with Gasteiger partial charge in [-0.15, -0.1) is 0 Å². The summed E-state index contributed by atoms with van der Waals surface area (Å²) < 4.78 is 1.48. The number of rotatable bonds is 4. The number of para-hydroxylation sites is 2. The quantitative estimate of drug-likeness (QED) is 0.368. The van der Waals surface area contributed by atoms with E-state index >= 15 is 0 Å². The van der Waals surface area contributed by atoms with Crippen molar-refractivity contribution in [2.24, 2.45) is 5.10 Å². The zero-order valence-electron chi connectivity index (χ0n) is 19.2. The second-order valence-electron chi connectivity index (χ2n) is 8.39. The maximum atomic E-state index is 13.5. The fourth-order valence-corrected chi connectivity index (χ4v) is 3.92. The Hall–Kier alpha value is -4.52. The highest BCUT2D eigenvalue weighted by atomic mass is 16.1. The van der Waals surface area contributed by atoms with E-state index in [4.69, 9.17) is 15.7 Å². The van der Waals surface area contributed by atoms with Crippen molar-refractivity contribution >= 4 is 45.8 Å². The molecular weight excluding hydrogens is 424 g/mol. The zero-order chi connectivity index (χ0) is 23.8. The van der Waals surface area contributed by atoms with Crippen LogP contribution < -0.4 is 11.1 Å². The topological polar surface area (TPSA) is 98.2 Å². The smallest absolute Gasteiger partial charge is 0.261 e. The molecule has 3 aromatic carbocycles. The predicted molar refractivity (Wildman–Crippen MR) is 137 cm³/mol. The molecule has 0 aliphatic rings. The lowest BCUT2D eigenvalue weighted by Gasteiger charge is -2.09. The average molecular weight is 449 g/mol. The Balaban J connectivity index is 1.67. The molecule has 0 aliphatic heterocycles. The van der Waals surface area contributed by atoms with Crippen LogP contribution in [0.15, 0.2) is 71.8 Å². The second kappa shape index (κ2) is 8.44. The number of nitrogens with two attached hydrogens (primary N) is 1. The molecule has 3 N–H and O–H groups in total. The van der Waals surface area contributed by atoms with E-state index in [0.29, 0.717) is 22.2 Å². The van der Waals surface area contributed by atoms with Gasteiger partial charge in [0, 0.05) is 5.69 Å². The summed E-state index contributed by atoms with van der Waals surface area (Å²) >= 11 is 0. The lowest BCUT2D eigenvalue weighted by Crippen LogP contribution is -2.15. The molecule has 5 rings (SSSR count). The number of nitrogens with zero attached hydrogens (tertiary/aromatic N) is 4. The third kappa shape index (κ3) is 3.88. The van der Waals surface area contributed by atoms with Crippen molar-refractivity contribution < 1.29 is 4.79 Å². The standard InChI is InChI=1S/C27H24N6O/c1-16-7-6-8-19(13-16)15-29-33-25(28)23(27(34)32-22-14-17(2)11-12-18(22)3)24-26(33)31-21-10-5-4-9-20(21)30-24/h4-15H,28H2,1-3H3,(H,32,34)/b29-15+. The Morgan fingerprint density at radius 2 is 1.68 bits per heavy atom. The SMILES string of the molecule is Cc1cccc(/C=N/n2c(N)c(C(=O)Nc3cc(C)ccc3C)c3nc4ccccc4nc32)c1. The van der Waals surface area contributed by atoms with Gasteiger partial charge in [0.2, 0.25) is 0 Å². The van der Waals surface area contributed by atoms with Gasteiger partial charge in [-0.05, 0) is 55.7 Å². The molecule has 0 atom stereocenters. The third-order valence-corrected chi connectivity index (χ3v) is 5.71. The Morgan fingerprint density at radius 1 is 0.941 bits per heavy atom. The zero-order valence-corrected chi connectivity index (χ0v) is 19.2. The van der Waals surface area contributed by atoms with E-state index in [-0.39, 0.29) is 17.3 Å². The van der Waals surface area contributed by atoms with Crippen LogP contribution in [0.25, 0.3) is 22.2 Å². The second-order valence-corrected chi connectivity index (χ2v) is 8.39. The molecule has 2 heterocycles. The molecule has 0 aliphatic carbocycles. The number of amides is 1. The number of anilines is 2. The fraction of sp³-hybridized carbons (Fsp3) is 0.111. The minimum absolute atomic E-state index is 0.178. The Labute approximate surface area is 197 Å². The van der Waals surface area contributed by atoms with Gasteiger partial charge in [-0.3, -0.25) is 4.79 Å². The van der Waals surface area contributed by atoms with E-state index in [0.717, 1.165) is 27.9 Å². The lowest BCUT2D eigenvalue weighted by atomic mass is 10.1. The molecule has 7 nitrogen and oxygen atoms in total. The van der Waals surface area contributed by atoms with Crippen LogP contribution in [0.5, 0.6) is 0 Å². The number of benzene rings is 3. The average Bonchev–Trinajstić information content (AvgIpc) is 3.08. The minimum Gasteiger partial charge on any atom is -0.383 e. The first-order valence-electron chi connectivity index (χ1n) is 11.0. The number of aryl methyl sites for hydroxylation is 3. The summed E-state index contributed by atoms with van der Waals surface area (Å²) in [6.07, 6.45) is 1.70. The maximum absolute atomic E-state index is 13.5. The molecule has 0 spiro atoms. The predicted octanol–water partition coefficient (Wildman–Crippen LogP) is 5.23. The normalized spacial score (nSPS) is 11.5. The van der Waals surface area contributed by atoms with Crippen LogP contribution >= 0.6 is 0 Å². The molecule has 0 saturated carbocycles. The van der Waals surface area contributed by atoms with Crippen molar-refractivity contribution in [2.45, 2.75) is 20.8 Å². The highest BCUT2D eigenvalue weighted by Gasteiger charge is 2.24. The summed E-state index contributed by atoms with van der Waals surface area (Å²) in [5.74, 6) is -0.178. The van der Waals surface area contributed by atoms with Gasteiger partial charge in [-0.2, -0.15) is 9.78 Å². The number of hydrogen-bond donors (Lipinski definition) is 2. The van der Waals surface area contributed by atoms with Crippen molar-refractivity contribution in [3.63, 3.8) is 0 Å². The number of hydrogen-bond acceptors (Lipinski definition) is 5. The summed E-state index contributed by atoms with van der Waals surface area (Å²) in [5, 5.41) is 7.57. The minimum atomic E-state index is -0.356. The number of nitrogens with one attached hydrogen (secondary N) is 1. The molecule has 0 bridgehead atoms. The maximum Gasteiger partial charge on any atom is 0.261 e. The van der Waals surface area contributed by atoms with Crippen molar-refractivity contribution in [2.75, 3.05) is 11.1 Å². The van der Waals surface area contributed by atoms with Crippen LogP contribution in [0.2, 0.25) is 0 Å². The van der Waals surface area contributed by atoms with E-state index in [2.05, 4.69) is 10.4 Å². The van der Waals surface area contributed by atoms with Gasteiger partial charge < -0.3 is 11.1 Å². The number of carbonyl (C=O) groups excluding carboxylic acids is 1. The molecule has 5 aromatic rings. The van der Waals surface area contributed by atoms with Crippen molar-refractivity contribution in [3.05, 3.63) is 94.5 Å². The van der Waals surface area contributed by atoms with Crippen LogP contribution in [-0.2, 0) is 0 Å². The van der Waals surface area contributed by atoms with Gasteiger partial charge in [0.05, 0.1) is 17.2 Å². The van der Waals surface area contributed by atoms with Crippen molar-refractivity contribution in [3.8, 4) is 0 Å². The third-order valence-electron chi connectivity index (χ3n) is 5.71. The van der Waals surface area contributed by atoms with E-state index in [1.807, 2.05) is 87.5 Å². The van der Waals surface area contributed by atoms with Crippen LogP contribution in [0.1, 0.15) is 32.6 Å². The van der Waals surface area contributed by atoms with Crippen LogP contribution in [0.3, 0.4) is 0 Å². The van der Waals surface area contributed by atoms with E-state index < -0.39 is 0 Å². The van der Waals surface area contributed by atoms with E-state index in [9.17, 15) is 4.79 Å². The largest absolute Gasteiger partial charge is 0.383 e. The van der Waals surface area contributed by atoms with Crippen LogP contribution in [0.4, 0.5) is 11.5 Å². The monoisotopic (exact) mass is 448 g/mol. The van der Waals surface area contributed by atoms with Gasteiger partial charge in [0.25, 0.3) is 5.91 Å². The van der Waals surface area contributed by atoms with Gasteiger partial charge in [0.15, 0.2) is 5.65 Å². The van der Waals surface area contributed by atoms with Crippen LogP contribution in [-0.4, -0.2) is 26.8 Å². The van der Waals surface area contributed by atoms with Gasteiger partial charge in [-0.25, -0.2) is 9.97 Å². The first kappa shape index (κ1) is 21.3. The number of carbonyl (C=O) groups is 1. The summed E-state index contributed by atoms with van der Waals surface area (Å²) in [6, 6.07) is 21.4. The number of aromatic nitrogens is 3. The Morgan fingerprint density at radius 3 is 2.44 bits per heavy atom. The first-order chi connectivity index (χ1) is 16.4. The van der Waals surface area contributed by atoms with Crippen molar-refractivity contribution in [1.82, 2.24) is 14.6 Å². The van der Waals surface area contributed by atoms with E-state index in [1.54, 1.807) is 6.21 Å². The molecule has 7 heteroatoms. The molecule has 34 heavy (non-hydrogen) atoms. The Bertz CT molecular complexity index is 1600. The molecular formula is C27H24N6O. The molecule has 1 amide bonds. The number of nitrogen functional groups attached to an aromatic ring is 1. The van der Waals surface area contributed by atoms with Crippen molar-refractivity contribution in [1.29, 1.82) is 0 Å². The first-order valence-corrected chi connectivity index (χ1v) is 11.0. The summed E-state index contributed by atoms with van der Waals surface area (Å²) in [4.78, 5) is 22.9. The summed E-state index contributed by atoms with van der Waals surface area (Å²) in [5.41, 5.74) is 13.7. The van der Waals surface area contributed by atoms with Gasteiger partial charge in [-0.1, -0.05) is 54.1 Å². The fourth-order valence-electron chi connectivity index (χ4n) is 3.92. The Kier molecular flexibility index (Phi) is 5.30. The molecule has 0 unspecified atom stereocenters. The summed E-state index contributed by atoms with van der Waals surface area (Å²) in [7, 11) is 0. The molecule has 0 saturated heterocycles.